The molecule has 1 N–H and O–H groups in total. The molecule has 0 atom stereocenters. The standard InChI is InChI=1S/C22H25F3N4O3S/c1-26-19(30)14-10-33-18-15(22(23,24)25)8-16(27-17(14)18)28-6-4-21(5-7-28)11-29(12-21)20(31)32-9-13-2-3-13/h8,10,13H,2-7,9,11-12H2,1H3,(H,26,30). The number of hydrogen-bond acceptors (Lipinski definition) is 6. The normalized spacial score (nSPS) is 20.1. The number of aromatic nitrogens is 1. The molecule has 2 aromatic rings. The molecule has 4 heterocycles. The van der Waals surface area contributed by atoms with Crippen LogP contribution < -0.4 is 10.2 Å². The van der Waals surface area contributed by atoms with E-state index in [2.05, 4.69) is 10.3 Å². The summed E-state index contributed by atoms with van der Waals surface area (Å²) in [5.74, 6) is 0.291. The smallest absolute Gasteiger partial charge is 0.417 e. The third kappa shape index (κ3) is 4.22. The van der Waals surface area contributed by atoms with Gasteiger partial charge in [-0.15, -0.1) is 11.3 Å². The molecule has 2 aliphatic heterocycles. The number of anilines is 1. The third-order valence-corrected chi connectivity index (χ3v) is 7.89. The van der Waals surface area contributed by atoms with Crippen molar-refractivity contribution in [2.24, 2.45) is 11.3 Å². The zero-order chi connectivity index (χ0) is 23.4. The number of amides is 2. The zero-order valence-electron chi connectivity index (χ0n) is 18.2. The Bertz CT molecular complexity index is 1080. The molecule has 3 aliphatic rings. The number of likely N-dealkylation sites (tertiary alicyclic amines) is 1. The summed E-state index contributed by atoms with van der Waals surface area (Å²) in [6, 6.07) is 1.09. The predicted octanol–water partition coefficient (Wildman–Crippen LogP) is 4.12. The molecule has 2 aromatic heterocycles. The fourth-order valence-corrected chi connectivity index (χ4v) is 5.67. The molecule has 3 fully saturated rings. The first-order valence-electron chi connectivity index (χ1n) is 11.1. The van der Waals surface area contributed by atoms with Crippen LogP contribution in [-0.4, -0.2) is 61.7 Å². The van der Waals surface area contributed by atoms with Gasteiger partial charge in [0.25, 0.3) is 5.91 Å². The van der Waals surface area contributed by atoms with Crippen molar-refractivity contribution in [3.8, 4) is 0 Å². The van der Waals surface area contributed by atoms with E-state index in [1.54, 1.807) is 4.90 Å². The topological polar surface area (TPSA) is 74.8 Å². The van der Waals surface area contributed by atoms with Crippen LogP contribution in [0.15, 0.2) is 11.4 Å². The van der Waals surface area contributed by atoms with Crippen molar-refractivity contribution in [1.82, 2.24) is 15.2 Å². The highest BCUT2D eigenvalue weighted by Gasteiger charge is 2.48. The molecule has 178 valence electrons. The van der Waals surface area contributed by atoms with Crippen molar-refractivity contribution < 1.29 is 27.5 Å². The van der Waals surface area contributed by atoms with Crippen molar-refractivity contribution in [2.75, 3.05) is 44.7 Å². The molecule has 2 saturated heterocycles. The Hall–Kier alpha value is -2.56. The molecule has 1 spiro atoms. The van der Waals surface area contributed by atoms with Crippen LogP contribution >= 0.6 is 11.3 Å². The predicted molar refractivity (Wildman–Crippen MR) is 118 cm³/mol. The van der Waals surface area contributed by atoms with E-state index in [4.69, 9.17) is 4.74 Å². The Morgan fingerprint density at radius 3 is 2.58 bits per heavy atom. The maximum absolute atomic E-state index is 13.8. The van der Waals surface area contributed by atoms with Crippen molar-refractivity contribution in [3.63, 3.8) is 0 Å². The van der Waals surface area contributed by atoms with Crippen LogP contribution in [0.5, 0.6) is 0 Å². The molecule has 11 heteroatoms. The first-order chi connectivity index (χ1) is 15.7. The number of thiophene rings is 1. The number of carbonyl (C=O) groups excluding carboxylic acids is 2. The first-order valence-corrected chi connectivity index (χ1v) is 12.0. The van der Waals surface area contributed by atoms with Crippen LogP contribution in [0.4, 0.5) is 23.8 Å². The molecule has 0 unspecified atom stereocenters. The lowest BCUT2D eigenvalue weighted by Crippen LogP contribution is -2.62. The Labute approximate surface area is 192 Å². The molecule has 5 rings (SSSR count). The van der Waals surface area contributed by atoms with Gasteiger partial charge in [0.05, 0.1) is 28.0 Å². The van der Waals surface area contributed by atoms with Gasteiger partial charge in [-0.25, -0.2) is 9.78 Å². The van der Waals surface area contributed by atoms with Crippen LogP contribution in [0.3, 0.4) is 0 Å². The van der Waals surface area contributed by atoms with Crippen LogP contribution in [0.25, 0.3) is 10.2 Å². The Morgan fingerprint density at radius 1 is 1.27 bits per heavy atom. The number of carbonyl (C=O) groups is 2. The minimum atomic E-state index is -4.55. The summed E-state index contributed by atoms with van der Waals surface area (Å²) in [7, 11) is 1.44. The average Bonchev–Trinajstić information content (AvgIpc) is 3.51. The van der Waals surface area contributed by atoms with Crippen molar-refractivity contribution in [2.45, 2.75) is 31.9 Å². The lowest BCUT2D eigenvalue weighted by atomic mass is 9.72. The Balaban J connectivity index is 1.30. The maximum Gasteiger partial charge on any atom is 0.417 e. The van der Waals surface area contributed by atoms with Crippen LogP contribution in [0.1, 0.15) is 41.6 Å². The second-order valence-electron chi connectivity index (χ2n) is 9.30. The largest absolute Gasteiger partial charge is 0.449 e. The number of piperidine rings is 1. The molecule has 2 amide bonds. The van der Waals surface area contributed by atoms with E-state index >= 15 is 0 Å². The van der Waals surface area contributed by atoms with Gasteiger partial charge in [-0.2, -0.15) is 13.2 Å². The van der Waals surface area contributed by atoms with Gasteiger partial charge in [0.2, 0.25) is 0 Å². The number of alkyl halides is 3. The fraction of sp³-hybridized carbons (Fsp3) is 0.591. The van der Waals surface area contributed by atoms with Crippen molar-refractivity contribution >= 4 is 39.4 Å². The summed E-state index contributed by atoms with van der Waals surface area (Å²) in [4.78, 5) is 32.4. The molecule has 0 radical (unpaired) electrons. The average molecular weight is 483 g/mol. The number of halogens is 3. The Morgan fingerprint density at radius 2 is 1.97 bits per heavy atom. The summed E-state index contributed by atoms with van der Waals surface area (Å²) in [5.41, 5.74) is -0.548. The number of ether oxygens (including phenoxy) is 1. The highest BCUT2D eigenvalue weighted by Crippen LogP contribution is 2.44. The van der Waals surface area contributed by atoms with Gasteiger partial charge in [0, 0.05) is 44.0 Å². The number of fused-ring (bicyclic) bond motifs is 1. The fourth-order valence-electron chi connectivity index (χ4n) is 4.65. The van der Waals surface area contributed by atoms with E-state index in [1.807, 2.05) is 4.90 Å². The maximum atomic E-state index is 13.8. The summed E-state index contributed by atoms with van der Waals surface area (Å²) in [6.45, 7) is 2.82. The van der Waals surface area contributed by atoms with Crippen LogP contribution in [0, 0.1) is 11.3 Å². The van der Waals surface area contributed by atoms with E-state index in [0.717, 1.165) is 43.1 Å². The summed E-state index contributed by atoms with van der Waals surface area (Å²) in [5, 5.41) is 3.89. The third-order valence-electron chi connectivity index (χ3n) is 6.88. The number of pyridine rings is 1. The second-order valence-corrected chi connectivity index (χ2v) is 10.2. The highest BCUT2D eigenvalue weighted by molar-refractivity contribution is 7.17. The first kappa shape index (κ1) is 22.2. The molecular weight excluding hydrogens is 457 g/mol. The summed E-state index contributed by atoms with van der Waals surface area (Å²) >= 11 is 0.880. The Kier molecular flexibility index (Phi) is 5.42. The van der Waals surface area contributed by atoms with E-state index < -0.39 is 17.6 Å². The van der Waals surface area contributed by atoms with Crippen molar-refractivity contribution in [1.29, 1.82) is 0 Å². The molecule has 0 bridgehead atoms. The molecule has 33 heavy (non-hydrogen) atoms. The molecule has 7 nitrogen and oxygen atoms in total. The molecule has 1 aliphatic carbocycles. The number of nitrogens with one attached hydrogen (secondary N) is 1. The molecule has 1 saturated carbocycles. The van der Waals surface area contributed by atoms with E-state index in [9.17, 15) is 22.8 Å². The second kappa shape index (κ2) is 8.03. The number of rotatable bonds is 4. The van der Waals surface area contributed by atoms with Gasteiger partial charge in [-0.3, -0.25) is 4.79 Å². The lowest BCUT2D eigenvalue weighted by Gasteiger charge is -2.53. The van der Waals surface area contributed by atoms with Gasteiger partial charge >= 0.3 is 12.3 Å². The number of nitrogens with zero attached hydrogens (tertiary/aromatic N) is 3. The van der Waals surface area contributed by atoms with Gasteiger partial charge in [0.1, 0.15) is 5.82 Å². The minimum absolute atomic E-state index is 0.0122. The van der Waals surface area contributed by atoms with Gasteiger partial charge in [0.15, 0.2) is 0 Å². The molecular formula is C22H25F3N4O3S. The van der Waals surface area contributed by atoms with E-state index in [-0.39, 0.29) is 33.1 Å². The summed E-state index contributed by atoms with van der Waals surface area (Å²) in [6.07, 6.45) is -1.06. The zero-order valence-corrected chi connectivity index (χ0v) is 19.0. The summed E-state index contributed by atoms with van der Waals surface area (Å²) < 4.78 is 46.7. The highest BCUT2D eigenvalue weighted by atomic mass is 32.1. The SMILES string of the molecule is CNC(=O)c1csc2c(C(F)(F)F)cc(N3CCC4(CC3)CN(C(=O)OCC3CC3)C4)nc12. The van der Waals surface area contributed by atoms with E-state index in [1.165, 1.54) is 12.4 Å². The van der Waals surface area contributed by atoms with Crippen LogP contribution in [-0.2, 0) is 10.9 Å². The minimum Gasteiger partial charge on any atom is -0.449 e. The number of hydrogen-bond donors (Lipinski definition) is 1. The lowest BCUT2D eigenvalue weighted by molar-refractivity contribution is -0.136. The molecule has 0 aromatic carbocycles. The van der Waals surface area contributed by atoms with Crippen molar-refractivity contribution in [3.05, 3.63) is 22.6 Å². The monoisotopic (exact) mass is 482 g/mol. The van der Waals surface area contributed by atoms with Crippen LogP contribution in [0.2, 0.25) is 0 Å². The van der Waals surface area contributed by atoms with Gasteiger partial charge in [-0.05, 0) is 37.7 Å². The van der Waals surface area contributed by atoms with E-state index in [0.29, 0.717) is 38.7 Å². The van der Waals surface area contributed by atoms with Gasteiger partial charge < -0.3 is 19.9 Å². The van der Waals surface area contributed by atoms with Gasteiger partial charge in [-0.1, -0.05) is 0 Å². The quantitative estimate of drug-likeness (QED) is 0.710.